The van der Waals surface area contributed by atoms with Crippen molar-refractivity contribution in [3.8, 4) is 5.69 Å². The maximum absolute atomic E-state index is 11.4. The van der Waals surface area contributed by atoms with Crippen molar-refractivity contribution in [1.29, 1.82) is 0 Å². The van der Waals surface area contributed by atoms with Gasteiger partial charge in [0.05, 0.1) is 12.2 Å². The molecule has 0 bridgehead atoms. The molecule has 7 heteroatoms. The summed E-state index contributed by atoms with van der Waals surface area (Å²) in [4.78, 5) is 11.4. The first kappa shape index (κ1) is 13.5. The highest BCUT2D eigenvalue weighted by atomic mass is 35.5. The Kier molecular flexibility index (Phi) is 4.46. The van der Waals surface area contributed by atoms with E-state index in [1.54, 1.807) is 16.8 Å². The van der Waals surface area contributed by atoms with E-state index >= 15 is 0 Å². The first-order valence-electron chi connectivity index (χ1n) is 6.00. The van der Waals surface area contributed by atoms with Crippen molar-refractivity contribution < 1.29 is 4.79 Å². The lowest BCUT2D eigenvalue weighted by atomic mass is 10.3. The number of amides is 1. The van der Waals surface area contributed by atoms with E-state index in [-0.39, 0.29) is 5.91 Å². The number of nitrogens with zero attached hydrogens (tertiary/aromatic N) is 4. The van der Waals surface area contributed by atoms with Gasteiger partial charge < -0.3 is 5.32 Å². The number of tetrazole rings is 1. The molecule has 1 aromatic heterocycles. The van der Waals surface area contributed by atoms with Gasteiger partial charge in [-0.15, -0.1) is 5.10 Å². The van der Waals surface area contributed by atoms with E-state index < -0.39 is 0 Å². The summed E-state index contributed by atoms with van der Waals surface area (Å²) in [6.45, 7) is 2.26. The van der Waals surface area contributed by atoms with Gasteiger partial charge in [-0.05, 0) is 41.1 Å². The van der Waals surface area contributed by atoms with Crippen LogP contribution >= 0.6 is 11.6 Å². The second-order valence-corrected chi connectivity index (χ2v) is 4.45. The predicted octanol–water partition coefficient (Wildman–Crippen LogP) is 1.73. The number of rotatable bonds is 5. The van der Waals surface area contributed by atoms with Crippen LogP contribution in [0, 0.1) is 0 Å². The number of hydrogen-bond acceptors (Lipinski definition) is 4. The zero-order chi connectivity index (χ0) is 13.7. The Morgan fingerprint density at radius 1 is 1.37 bits per heavy atom. The van der Waals surface area contributed by atoms with Crippen molar-refractivity contribution in [2.24, 2.45) is 0 Å². The van der Waals surface area contributed by atoms with E-state index in [9.17, 15) is 4.79 Å². The highest BCUT2D eigenvalue weighted by Crippen LogP contribution is 2.13. The molecule has 2 rings (SSSR count). The Bertz CT molecular complexity index is 552. The Balaban J connectivity index is 2.09. The number of carbonyl (C=O) groups excluding carboxylic acids is 1. The van der Waals surface area contributed by atoms with Crippen LogP contribution in [0.1, 0.15) is 25.6 Å². The molecule has 1 amide bonds. The van der Waals surface area contributed by atoms with Crippen LogP contribution in [0.4, 0.5) is 0 Å². The van der Waals surface area contributed by atoms with Crippen molar-refractivity contribution >= 4 is 17.5 Å². The molecule has 0 radical (unpaired) electrons. The summed E-state index contributed by atoms with van der Waals surface area (Å²) in [5.74, 6) is 0.569. The molecule has 1 aromatic carbocycles. The summed E-state index contributed by atoms with van der Waals surface area (Å²) in [5.41, 5.74) is 0.800. The van der Waals surface area contributed by atoms with Gasteiger partial charge in [-0.2, -0.15) is 4.68 Å². The number of halogens is 1. The topological polar surface area (TPSA) is 72.7 Å². The molecule has 100 valence electrons. The molecule has 0 aliphatic carbocycles. The third kappa shape index (κ3) is 3.51. The number of hydrogen-bond donors (Lipinski definition) is 1. The van der Waals surface area contributed by atoms with E-state index in [2.05, 4.69) is 20.8 Å². The molecule has 0 aliphatic heterocycles. The molecule has 2 aromatic rings. The van der Waals surface area contributed by atoms with Gasteiger partial charge in [0.2, 0.25) is 5.91 Å². The average molecular weight is 280 g/mol. The molecule has 1 heterocycles. The third-order valence-corrected chi connectivity index (χ3v) is 2.78. The first-order valence-corrected chi connectivity index (χ1v) is 6.38. The van der Waals surface area contributed by atoms with Crippen LogP contribution in [0.15, 0.2) is 24.3 Å². The molecular formula is C12H14ClN5O. The normalized spacial score (nSPS) is 10.4. The fraction of sp³-hybridized carbons (Fsp3) is 0.333. The van der Waals surface area contributed by atoms with Gasteiger partial charge in [0.25, 0.3) is 0 Å². The highest BCUT2D eigenvalue weighted by molar-refractivity contribution is 6.30. The van der Waals surface area contributed by atoms with E-state index in [0.29, 0.717) is 23.8 Å². The fourth-order valence-electron chi connectivity index (χ4n) is 1.59. The predicted molar refractivity (Wildman–Crippen MR) is 70.9 cm³/mol. The molecular weight excluding hydrogens is 266 g/mol. The summed E-state index contributed by atoms with van der Waals surface area (Å²) in [6, 6.07) is 7.15. The van der Waals surface area contributed by atoms with Crippen LogP contribution in [0.3, 0.4) is 0 Å². The second kappa shape index (κ2) is 6.29. The average Bonchev–Trinajstić information content (AvgIpc) is 2.86. The van der Waals surface area contributed by atoms with Gasteiger partial charge in [-0.25, -0.2) is 0 Å². The molecule has 0 saturated carbocycles. The minimum Gasteiger partial charge on any atom is -0.349 e. The van der Waals surface area contributed by atoms with Gasteiger partial charge in [0, 0.05) is 11.4 Å². The summed E-state index contributed by atoms with van der Waals surface area (Å²) in [5, 5.41) is 14.9. The van der Waals surface area contributed by atoms with Crippen LogP contribution in [-0.4, -0.2) is 26.1 Å². The lowest BCUT2D eigenvalue weighted by Gasteiger charge is -2.06. The van der Waals surface area contributed by atoms with Crippen LogP contribution in [0.5, 0.6) is 0 Å². The molecule has 0 unspecified atom stereocenters. The summed E-state index contributed by atoms with van der Waals surface area (Å²) >= 11 is 5.83. The molecule has 1 N–H and O–H groups in total. The maximum Gasteiger partial charge on any atom is 0.220 e. The van der Waals surface area contributed by atoms with E-state index in [0.717, 1.165) is 12.1 Å². The molecule has 0 spiro atoms. The Morgan fingerprint density at radius 3 is 2.79 bits per heavy atom. The Hall–Kier alpha value is -1.95. The number of nitrogens with one attached hydrogen (secondary N) is 1. The van der Waals surface area contributed by atoms with Gasteiger partial charge in [-0.3, -0.25) is 4.79 Å². The minimum absolute atomic E-state index is 0.00634. The summed E-state index contributed by atoms with van der Waals surface area (Å²) in [7, 11) is 0. The first-order chi connectivity index (χ1) is 9.20. The lowest BCUT2D eigenvalue weighted by Crippen LogP contribution is -2.24. The van der Waals surface area contributed by atoms with E-state index in [4.69, 9.17) is 11.6 Å². The summed E-state index contributed by atoms with van der Waals surface area (Å²) in [6.07, 6.45) is 1.32. The van der Waals surface area contributed by atoms with Crippen LogP contribution in [-0.2, 0) is 11.3 Å². The Morgan fingerprint density at radius 2 is 2.11 bits per heavy atom. The molecule has 0 aliphatic rings. The third-order valence-electron chi connectivity index (χ3n) is 2.53. The second-order valence-electron chi connectivity index (χ2n) is 4.01. The molecule has 0 saturated heterocycles. The van der Waals surface area contributed by atoms with Crippen molar-refractivity contribution in [3.05, 3.63) is 35.1 Å². The van der Waals surface area contributed by atoms with Crippen molar-refractivity contribution in [2.45, 2.75) is 26.3 Å². The molecule has 0 fully saturated rings. The zero-order valence-electron chi connectivity index (χ0n) is 10.5. The highest BCUT2D eigenvalue weighted by Gasteiger charge is 2.09. The SMILES string of the molecule is CCCC(=O)NCc1nnnn1-c1ccc(Cl)cc1. The largest absolute Gasteiger partial charge is 0.349 e. The Labute approximate surface area is 115 Å². The van der Waals surface area contributed by atoms with Crippen LogP contribution in [0.2, 0.25) is 5.02 Å². The molecule has 0 atom stereocenters. The quantitative estimate of drug-likeness (QED) is 0.905. The standard InChI is InChI=1S/C12H14ClN5O/c1-2-3-12(19)14-8-11-15-16-17-18(11)10-6-4-9(13)5-7-10/h4-7H,2-3,8H2,1H3,(H,14,19). The van der Waals surface area contributed by atoms with Crippen LogP contribution < -0.4 is 5.32 Å². The minimum atomic E-state index is -0.00634. The van der Waals surface area contributed by atoms with Crippen LogP contribution in [0.25, 0.3) is 5.69 Å². The van der Waals surface area contributed by atoms with Crippen molar-refractivity contribution in [3.63, 3.8) is 0 Å². The monoisotopic (exact) mass is 279 g/mol. The van der Waals surface area contributed by atoms with Crippen molar-refractivity contribution in [2.75, 3.05) is 0 Å². The zero-order valence-corrected chi connectivity index (χ0v) is 11.3. The van der Waals surface area contributed by atoms with E-state index in [1.807, 2.05) is 19.1 Å². The fourth-order valence-corrected chi connectivity index (χ4v) is 1.72. The van der Waals surface area contributed by atoms with E-state index in [1.165, 1.54) is 0 Å². The van der Waals surface area contributed by atoms with Gasteiger partial charge in [-0.1, -0.05) is 18.5 Å². The number of aromatic nitrogens is 4. The molecule has 6 nitrogen and oxygen atoms in total. The number of benzene rings is 1. The van der Waals surface area contributed by atoms with Gasteiger partial charge in [0.15, 0.2) is 5.82 Å². The van der Waals surface area contributed by atoms with Gasteiger partial charge in [0.1, 0.15) is 0 Å². The number of carbonyl (C=O) groups is 1. The van der Waals surface area contributed by atoms with Gasteiger partial charge >= 0.3 is 0 Å². The lowest BCUT2D eigenvalue weighted by molar-refractivity contribution is -0.121. The maximum atomic E-state index is 11.4. The molecule has 19 heavy (non-hydrogen) atoms. The summed E-state index contributed by atoms with van der Waals surface area (Å²) < 4.78 is 1.57. The smallest absolute Gasteiger partial charge is 0.220 e. The van der Waals surface area contributed by atoms with Crippen molar-refractivity contribution in [1.82, 2.24) is 25.5 Å².